The molecule has 0 aromatic heterocycles. The van der Waals surface area contributed by atoms with Crippen LogP contribution in [0.4, 0.5) is 0 Å². The molecule has 2 atom stereocenters. The smallest absolute Gasteiger partial charge is 0.375 e. The molecule has 1 aromatic carbocycles. The van der Waals surface area contributed by atoms with Crippen LogP contribution in [0.5, 0.6) is 0 Å². The van der Waals surface area contributed by atoms with Crippen LogP contribution in [0.2, 0.25) is 0 Å². The van der Waals surface area contributed by atoms with Gasteiger partial charge in [-0.1, -0.05) is 43.3 Å². The molecule has 0 N–H and O–H groups in total. The van der Waals surface area contributed by atoms with Gasteiger partial charge in [0.05, 0.1) is 19.3 Å². The molecule has 0 saturated heterocycles. The Hall–Kier alpha value is -1.94. The molecule has 0 aliphatic rings. The van der Waals surface area contributed by atoms with E-state index >= 15 is 0 Å². The van der Waals surface area contributed by atoms with E-state index in [9.17, 15) is 9.59 Å². The van der Waals surface area contributed by atoms with Gasteiger partial charge in [-0.15, -0.1) is 6.58 Å². The van der Waals surface area contributed by atoms with Gasteiger partial charge in [-0.3, -0.25) is 4.79 Å². The number of rotatable bonds is 9. The van der Waals surface area contributed by atoms with Crippen LogP contribution in [0.3, 0.4) is 0 Å². The van der Waals surface area contributed by atoms with Crippen LogP contribution in [-0.4, -0.2) is 24.5 Å². The fourth-order valence-electron chi connectivity index (χ4n) is 1.96. The summed E-state index contributed by atoms with van der Waals surface area (Å²) in [6, 6.07) is 9.77. The van der Waals surface area contributed by atoms with E-state index in [1.54, 1.807) is 26.8 Å². The second kappa shape index (κ2) is 9.15. The molecule has 0 aliphatic heterocycles. The third-order valence-corrected chi connectivity index (χ3v) is 3.32. The molecule has 0 aliphatic carbocycles. The van der Waals surface area contributed by atoms with Gasteiger partial charge in [0.1, 0.15) is 0 Å². The summed E-state index contributed by atoms with van der Waals surface area (Å²) >= 11 is 0. The largest absolute Gasteiger partial charge is 0.457 e. The Labute approximate surface area is 132 Å². The molecule has 0 bridgehead atoms. The minimum atomic E-state index is -0.794. The summed E-state index contributed by atoms with van der Waals surface area (Å²) in [5, 5.41) is 0. The summed E-state index contributed by atoms with van der Waals surface area (Å²) in [6.45, 7) is 9.64. The van der Waals surface area contributed by atoms with Crippen LogP contribution in [-0.2, 0) is 25.7 Å². The van der Waals surface area contributed by atoms with Crippen molar-refractivity contribution in [2.75, 3.05) is 6.61 Å². The first kappa shape index (κ1) is 18.1. The molecule has 22 heavy (non-hydrogen) atoms. The van der Waals surface area contributed by atoms with E-state index in [0.29, 0.717) is 13.2 Å². The van der Waals surface area contributed by atoms with Gasteiger partial charge in [0.25, 0.3) is 0 Å². The fraction of sp³-hybridized carbons (Fsp3) is 0.444. The molecule has 4 nitrogen and oxygen atoms in total. The first-order valence-electron chi connectivity index (χ1n) is 7.44. The van der Waals surface area contributed by atoms with E-state index in [1.165, 1.54) is 0 Å². The highest BCUT2D eigenvalue weighted by Crippen LogP contribution is 2.16. The maximum Gasteiger partial charge on any atom is 0.375 e. The van der Waals surface area contributed by atoms with Crippen molar-refractivity contribution >= 4 is 11.8 Å². The lowest BCUT2D eigenvalue weighted by molar-refractivity contribution is -0.159. The second-order valence-corrected chi connectivity index (χ2v) is 5.51. The van der Waals surface area contributed by atoms with Gasteiger partial charge in [-0.25, -0.2) is 4.79 Å². The Morgan fingerprint density at radius 1 is 1.18 bits per heavy atom. The van der Waals surface area contributed by atoms with E-state index in [1.807, 2.05) is 30.3 Å². The summed E-state index contributed by atoms with van der Waals surface area (Å²) in [6.07, 6.45) is 1.34. The second-order valence-electron chi connectivity index (χ2n) is 5.51. The average Bonchev–Trinajstić information content (AvgIpc) is 2.50. The van der Waals surface area contributed by atoms with Crippen molar-refractivity contribution in [3.63, 3.8) is 0 Å². The van der Waals surface area contributed by atoms with Gasteiger partial charge in [0.15, 0.2) is 0 Å². The van der Waals surface area contributed by atoms with Crippen molar-refractivity contribution < 1.29 is 19.1 Å². The Balaban J connectivity index is 2.50. The van der Waals surface area contributed by atoms with E-state index in [2.05, 4.69) is 6.58 Å². The molecular weight excluding hydrogens is 280 g/mol. The van der Waals surface area contributed by atoms with Crippen molar-refractivity contribution in [3.8, 4) is 0 Å². The molecule has 0 fully saturated rings. The highest BCUT2D eigenvalue weighted by atomic mass is 16.5. The molecule has 0 spiro atoms. The molecule has 0 radical (unpaired) electrons. The summed E-state index contributed by atoms with van der Waals surface area (Å²) in [4.78, 5) is 23.7. The Morgan fingerprint density at radius 3 is 2.36 bits per heavy atom. The van der Waals surface area contributed by atoms with Crippen molar-refractivity contribution in [2.45, 2.75) is 33.5 Å². The highest BCUT2D eigenvalue weighted by Gasteiger charge is 2.29. The van der Waals surface area contributed by atoms with Crippen LogP contribution in [0.1, 0.15) is 26.3 Å². The number of hydrogen-bond acceptors (Lipinski definition) is 4. The van der Waals surface area contributed by atoms with Gasteiger partial charge in [-0.05, 0) is 19.4 Å². The first-order valence-corrected chi connectivity index (χ1v) is 7.44. The van der Waals surface area contributed by atoms with Gasteiger partial charge < -0.3 is 9.47 Å². The molecule has 1 rings (SSSR count). The fourth-order valence-corrected chi connectivity index (χ4v) is 1.96. The molecule has 120 valence electrons. The number of benzene rings is 1. The number of carbonyl (C=O) groups is 2. The monoisotopic (exact) mass is 304 g/mol. The van der Waals surface area contributed by atoms with E-state index in [4.69, 9.17) is 9.47 Å². The van der Waals surface area contributed by atoms with E-state index < -0.39 is 17.7 Å². The minimum Gasteiger partial charge on any atom is -0.457 e. The minimum absolute atomic E-state index is 0.226. The van der Waals surface area contributed by atoms with Gasteiger partial charge >= 0.3 is 5.97 Å². The third-order valence-electron chi connectivity index (χ3n) is 3.32. The number of carbonyl (C=O) groups excluding carboxylic acids is 2. The van der Waals surface area contributed by atoms with Gasteiger partial charge in [0, 0.05) is 11.8 Å². The van der Waals surface area contributed by atoms with Crippen LogP contribution >= 0.6 is 0 Å². The van der Waals surface area contributed by atoms with Crippen molar-refractivity contribution in [1.82, 2.24) is 0 Å². The molecule has 1 aromatic rings. The quantitative estimate of drug-likeness (QED) is 0.399. The zero-order valence-corrected chi connectivity index (χ0v) is 13.5. The number of ether oxygens (including phenoxy) is 2. The molecule has 0 unspecified atom stereocenters. The summed E-state index contributed by atoms with van der Waals surface area (Å²) in [5.41, 5.74) is 1.06. The molecular formula is C18H24O4. The van der Waals surface area contributed by atoms with Crippen molar-refractivity contribution in [2.24, 2.45) is 11.8 Å². The summed E-state index contributed by atoms with van der Waals surface area (Å²) in [7, 11) is 0. The zero-order chi connectivity index (χ0) is 16.5. The van der Waals surface area contributed by atoms with E-state index in [0.717, 1.165) is 5.56 Å². The molecule has 0 heterocycles. The van der Waals surface area contributed by atoms with Crippen LogP contribution < -0.4 is 0 Å². The number of esters is 1. The lowest BCUT2D eigenvalue weighted by atomic mass is 9.91. The molecule has 0 saturated carbocycles. The average molecular weight is 304 g/mol. The number of Topliss-reactive ketones (excluding diaryl/α,β-unsaturated/α-hetero) is 1. The lowest BCUT2D eigenvalue weighted by Crippen LogP contribution is -2.31. The predicted molar refractivity (Wildman–Crippen MR) is 85.2 cm³/mol. The predicted octanol–water partition coefficient (Wildman–Crippen LogP) is 3.16. The Kier molecular flexibility index (Phi) is 7.54. The van der Waals surface area contributed by atoms with Crippen LogP contribution in [0, 0.1) is 11.8 Å². The number of hydrogen-bond donors (Lipinski definition) is 0. The zero-order valence-electron chi connectivity index (χ0n) is 13.5. The van der Waals surface area contributed by atoms with Crippen molar-refractivity contribution in [3.05, 3.63) is 48.6 Å². The van der Waals surface area contributed by atoms with E-state index in [-0.39, 0.29) is 12.0 Å². The summed E-state index contributed by atoms with van der Waals surface area (Å²) in [5.74, 6) is -2.07. The van der Waals surface area contributed by atoms with Crippen molar-refractivity contribution in [1.29, 1.82) is 0 Å². The third kappa shape index (κ3) is 5.82. The number of ketones is 1. The topological polar surface area (TPSA) is 52.6 Å². The normalized spacial score (nSPS) is 13.5. The Morgan fingerprint density at radius 2 is 1.82 bits per heavy atom. The maximum absolute atomic E-state index is 12.0. The van der Waals surface area contributed by atoms with Gasteiger partial charge in [-0.2, -0.15) is 0 Å². The standard InChI is InChI=1S/C18H24O4/c1-5-16(12-21-11-15-9-7-6-8-10-15)14(4)17(19)18(20)22-13(2)3/h5-10,13-14,16H,1,11-12H2,2-4H3/t14-,16-/m1/s1. The molecule has 4 heteroatoms. The Bertz CT molecular complexity index is 493. The van der Waals surface area contributed by atoms with Crippen LogP contribution in [0.15, 0.2) is 43.0 Å². The van der Waals surface area contributed by atoms with Crippen LogP contribution in [0.25, 0.3) is 0 Å². The first-order chi connectivity index (χ1) is 10.5. The lowest BCUT2D eigenvalue weighted by Gasteiger charge is -2.19. The summed E-state index contributed by atoms with van der Waals surface area (Å²) < 4.78 is 10.6. The maximum atomic E-state index is 12.0. The molecule has 0 amide bonds. The van der Waals surface area contributed by atoms with Gasteiger partial charge in [0.2, 0.25) is 5.78 Å². The SMILES string of the molecule is C=C[C@H](COCc1ccccc1)[C@@H](C)C(=O)C(=O)OC(C)C. The highest BCUT2D eigenvalue weighted by molar-refractivity contribution is 6.34.